The molecule has 0 aromatic heterocycles. The van der Waals surface area contributed by atoms with Crippen LogP contribution in [0.25, 0.3) is 0 Å². The van der Waals surface area contributed by atoms with Gasteiger partial charge in [0.05, 0.1) is 0 Å². The number of carbonyl (C=O) groups is 2. The number of hydrogen-bond donors (Lipinski definition) is 1. The molecule has 0 aliphatic carbocycles. The molecule has 0 spiro atoms. The number of amides is 2. The van der Waals surface area contributed by atoms with Crippen LogP contribution in [0.15, 0.2) is 89.4 Å². The third-order valence-electron chi connectivity index (χ3n) is 5.48. The molecule has 0 saturated carbocycles. The summed E-state index contributed by atoms with van der Waals surface area (Å²) in [5, 5.41) is 3.10. The van der Waals surface area contributed by atoms with Crippen LogP contribution in [-0.2, 0) is 29.0 Å². The van der Waals surface area contributed by atoms with E-state index in [1.165, 1.54) is 0 Å². The van der Waals surface area contributed by atoms with Crippen molar-refractivity contribution in [1.82, 2.24) is 10.2 Å². The summed E-state index contributed by atoms with van der Waals surface area (Å²) in [6, 6.07) is 27.1. The average Bonchev–Trinajstić information content (AvgIpc) is 2.80. The Morgan fingerprint density at radius 2 is 1.44 bits per heavy atom. The van der Waals surface area contributed by atoms with Crippen molar-refractivity contribution in [2.75, 3.05) is 0 Å². The van der Waals surface area contributed by atoms with Crippen LogP contribution in [0.2, 0.25) is 0 Å². The summed E-state index contributed by atoms with van der Waals surface area (Å²) in [5.74, 6) is -0.173. The van der Waals surface area contributed by atoms with E-state index < -0.39 is 11.6 Å². The first-order valence-corrected chi connectivity index (χ1v) is 12.4. The maximum Gasteiger partial charge on any atom is 0.243 e. The van der Waals surface area contributed by atoms with E-state index in [0.717, 1.165) is 21.2 Å². The zero-order valence-corrected chi connectivity index (χ0v) is 21.7. The number of nitrogens with one attached hydrogen (secondary N) is 1. The van der Waals surface area contributed by atoms with Crippen molar-refractivity contribution in [2.24, 2.45) is 0 Å². The normalized spacial score (nSPS) is 12.1. The average molecular weight is 521 g/mol. The lowest BCUT2D eigenvalue weighted by molar-refractivity contribution is -0.141. The van der Waals surface area contributed by atoms with Crippen LogP contribution in [0.5, 0.6) is 0 Å². The fraction of sp³-hybridized carbons (Fsp3) is 0.310. The van der Waals surface area contributed by atoms with Crippen molar-refractivity contribution in [3.8, 4) is 0 Å². The molecule has 178 valence electrons. The molecule has 34 heavy (non-hydrogen) atoms. The molecule has 5 heteroatoms. The van der Waals surface area contributed by atoms with E-state index in [0.29, 0.717) is 25.8 Å². The van der Waals surface area contributed by atoms with Gasteiger partial charge in [-0.15, -0.1) is 0 Å². The molecule has 0 bridgehead atoms. The first-order chi connectivity index (χ1) is 16.2. The third-order valence-corrected chi connectivity index (χ3v) is 5.97. The summed E-state index contributed by atoms with van der Waals surface area (Å²) in [6.45, 7) is 6.24. The second-order valence-corrected chi connectivity index (χ2v) is 10.5. The van der Waals surface area contributed by atoms with Crippen LogP contribution in [0.3, 0.4) is 0 Å². The molecule has 1 N–H and O–H groups in total. The highest BCUT2D eigenvalue weighted by Crippen LogP contribution is 2.20. The van der Waals surface area contributed by atoms with E-state index in [1.54, 1.807) is 4.90 Å². The third kappa shape index (κ3) is 8.14. The zero-order chi connectivity index (χ0) is 24.6. The number of benzene rings is 3. The van der Waals surface area contributed by atoms with Gasteiger partial charge in [0.25, 0.3) is 0 Å². The van der Waals surface area contributed by atoms with Crippen molar-refractivity contribution in [2.45, 2.75) is 58.2 Å². The van der Waals surface area contributed by atoms with Crippen molar-refractivity contribution in [3.63, 3.8) is 0 Å². The molecule has 3 aromatic carbocycles. The van der Waals surface area contributed by atoms with E-state index in [9.17, 15) is 9.59 Å². The molecular weight excluding hydrogens is 488 g/mol. The Morgan fingerprint density at radius 3 is 2.03 bits per heavy atom. The molecule has 0 saturated heterocycles. The SMILES string of the molecule is CC(C)(C)NC(=O)[C@@H](Cc1ccccc1)N(Cc1cccc(Br)c1)C(=O)CCc1ccccc1. The van der Waals surface area contributed by atoms with E-state index >= 15 is 0 Å². The Balaban J connectivity index is 1.92. The molecule has 0 unspecified atom stereocenters. The molecule has 4 nitrogen and oxygen atoms in total. The van der Waals surface area contributed by atoms with Crippen LogP contribution in [-0.4, -0.2) is 28.3 Å². The quantitative estimate of drug-likeness (QED) is 0.379. The Labute approximate surface area is 211 Å². The van der Waals surface area contributed by atoms with Gasteiger partial charge in [-0.25, -0.2) is 0 Å². The fourth-order valence-corrected chi connectivity index (χ4v) is 4.33. The van der Waals surface area contributed by atoms with Gasteiger partial charge in [-0.1, -0.05) is 88.7 Å². The molecular formula is C29H33BrN2O2. The predicted octanol–water partition coefficient (Wildman–Crippen LogP) is 5.94. The van der Waals surface area contributed by atoms with Crippen LogP contribution in [0, 0.1) is 0 Å². The second kappa shape index (κ2) is 12.0. The van der Waals surface area contributed by atoms with Gasteiger partial charge in [-0.2, -0.15) is 0 Å². The Hall–Kier alpha value is -2.92. The minimum Gasteiger partial charge on any atom is -0.350 e. The zero-order valence-electron chi connectivity index (χ0n) is 20.1. The summed E-state index contributed by atoms with van der Waals surface area (Å²) in [7, 11) is 0. The van der Waals surface area contributed by atoms with Gasteiger partial charge in [-0.3, -0.25) is 9.59 Å². The van der Waals surface area contributed by atoms with E-state index in [-0.39, 0.29) is 11.8 Å². The van der Waals surface area contributed by atoms with Crippen LogP contribution in [0.4, 0.5) is 0 Å². The number of rotatable bonds is 9. The molecule has 0 fully saturated rings. The molecule has 3 rings (SSSR count). The lowest BCUT2D eigenvalue weighted by Crippen LogP contribution is -2.54. The van der Waals surface area contributed by atoms with Crippen molar-refractivity contribution in [1.29, 1.82) is 0 Å². The number of nitrogens with zero attached hydrogens (tertiary/aromatic N) is 1. The summed E-state index contributed by atoms with van der Waals surface area (Å²) in [5.41, 5.74) is 2.70. The highest BCUT2D eigenvalue weighted by Gasteiger charge is 2.32. The molecule has 0 radical (unpaired) electrons. The van der Waals surface area contributed by atoms with E-state index in [4.69, 9.17) is 0 Å². The number of halogens is 1. The maximum absolute atomic E-state index is 13.6. The summed E-state index contributed by atoms with van der Waals surface area (Å²) >= 11 is 3.53. The summed E-state index contributed by atoms with van der Waals surface area (Å²) in [6.07, 6.45) is 1.42. The lowest BCUT2D eigenvalue weighted by atomic mass is 10.00. The first-order valence-electron chi connectivity index (χ1n) is 11.6. The maximum atomic E-state index is 13.6. The number of carbonyl (C=O) groups excluding carboxylic acids is 2. The molecule has 0 aliphatic rings. The largest absolute Gasteiger partial charge is 0.350 e. The van der Waals surface area contributed by atoms with E-state index in [2.05, 4.69) is 21.2 Å². The standard InChI is InChI=1S/C29H33BrN2O2/c1-29(2,3)31-28(34)26(20-23-13-8-5-9-14-23)32(21-24-15-10-16-25(30)19-24)27(33)18-17-22-11-6-4-7-12-22/h4-16,19,26H,17-18,20-21H2,1-3H3,(H,31,34)/t26-/m1/s1. The van der Waals surface area contributed by atoms with Gasteiger partial charge in [0.2, 0.25) is 11.8 Å². The molecule has 2 amide bonds. The number of hydrogen-bond acceptors (Lipinski definition) is 2. The van der Waals surface area contributed by atoms with Crippen molar-refractivity contribution < 1.29 is 9.59 Å². The monoisotopic (exact) mass is 520 g/mol. The Kier molecular flexibility index (Phi) is 9.05. The summed E-state index contributed by atoms with van der Waals surface area (Å²) < 4.78 is 0.945. The van der Waals surface area contributed by atoms with Gasteiger partial charge in [0.1, 0.15) is 6.04 Å². The van der Waals surface area contributed by atoms with Crippen molar-refractivity contribution >= 4 is 27.7 Å². The van der Waals surface area contributed by atoms with Gasteiger partial charge >= 0.3 is 0 Å². The first kappa shape index (κ1) is 25.7. The summed E-state index contributed by atoms with van der Waals surface area (Å²) in [4.78, 5) is 28.9. The fourth-order valence-electron chi connectivity index (χ4n) is 3.88. The van der Waals surface area contributed by atoms with E-state index in [1.807, 2.05) is 106 Å². The lowest BCUT2D eigenvalue weighted by Gasteiger charge is -2.34. The van der Waals surface area contributed by atoms with Gasteiger partial charge in [-0.05, 0) is 56.0 Å². The smallest absolute Gasteiger partial charge is 0.243 e. The Bertz CT molecular complexity index is 1080. The minimum atomic E-state index is -0.621. The minimum absolute atomic E-state index is 0.0335. The topological polar surface area (TPSA) is 49.4 Å². The Morgan fingerprint density at radius 1 is 0.853 bits per heavy atom. The molecule has 0 aliphatic heterocycles. The van der Waals surface area contributed by atoms with Gasteiger partial charge < -0.3 is 10.2 Å². The molecule has 0 heterocycles. The van der Waals surface area contributed by atoms with Crippen LogP contribution in [0.1, 0.15) is 43.9 Å². The van der Waals surface area contributed by atoms with Gasteiger partial charge in [0, 0.05) is 29.4 Å². The highest BCUT2D eigenvalue weighted by atomic mass is 79.9. The number of aryl methyl sites for hydroxylation is 1. The second-order valence-electron chi connectivity index (χ2n) is 9.58. The van der Waals surface area contributed by atoms with Crippen LogP contribution < -0.4 is 5.32 Å². The predicted molar refractivity (Wildman–Crippen MR) is 141 cm³/mol. The van der Waals surface area contributed by atoms with Crippen molar-refractivity contribution in [3.05, 3.63) is 106 Å². The molecule has 3 aromatic rings. The van der Waals surface area contributed by atoms with Crippen LogP contribution >= 0.6 is 15.9 Å². The van der Waals surface area contributed by atoms with Gasteiger partial charge in [0.15, 0.2) is 0 Å². The highest BCUT2D eigenvalue weighted by molar-refractivity contribution is 9.10. The molecule has 1 atom stereocenters.